The van der Waals surface area contributed by atoms with Gasteiger partial charge in [-0.1, -0.05) is 20.8 Å². The van der Waals surface area contributed by atoms with Crippen molar-refractivity contribution < 1.29 is 0 Å². The summed E-state index contributed by atoms with van der Waals surface area (Å²) in [6, 6.07) is 1.61. The third-order valence-corrected chi connectivity index (χ3v) is 7.50. The van der Waals surface area contributed by atoms with Gasteiger partial charge in [-0.3, -0.25) is 0 Å². The molecule has 3 unspecified atom stereocenters. The zero-order valence-corrected chi connectivity index (χ0v) is 12.4. The fourth-order valence-corrected chi connectivity index (χ4v) is 5.71. The highest BCUT2D eigenvalue weighted by Crippen LogP contribution is 2.65. The van der Waals surface area contributed by atoms with Crippen LogP contribution in [0.2, 0.25) is 0 Å². The van der Waals surface area contributed by atoms with Gasteiger partial charge < -0.3 is 5.32 Å². The molecule has 2 aliphatic carbocycles. The van der Waals surface area contributed by atoms with Crippen LogP contribution in [0.25, 0.3) is 0 Å². The number of rotatable bonds is 2. The van der Waals surface area contributed by atoms with E-state index in [4.69, 9.17) is 0 Å². The Labute approximate surface area is 111 Å². The predicted molar refractivity (Wildman–Crippen MR) is 76.5 cm³/mol. The minimum absolute atomic E-state index is 0.558. The van der Waals surface area contributed by atoms with Gasteiger partial charge >= 0.3 is 0 Å². The first-order valence-corrected chi connectivity index (χ1v) is 8.53. The molecule has 3 aliphatic rings. The van der Waals surface area contributed by atoms with Crippen LogP contribution in [0.1, 0.15) is 52.9 Å². The van der Waals surface area contributed by atoms with Crippen molar-refractivity contribution in [1.82, 2.24) is 5.32 Å². The minimum Gasteiger partial charge on any atom is -0.311 e. The molecule has 1 heterocycles. The average molecular weight is 253 g/mol. The number of nitrogens with one attached hydrogen (secondary N) is 1. The molecule has 1 N–H and O–H groups in total. The number of hydrogen-bond donors (Lipinski definition) is 1. The molecule has 0 aromatic rings. The first-order chi connectivity index (χ1) is 8.04. The molecule has 1 nitrogen and oxygen atoms in total. The van der Waals surface area contributed by atoms with Crippen LogP contribution < -0.4 is 5.32 Å². The highest BCUT2D eigenvalue weighted by Gasteiger charge is 2.61. The first kappa shape index (κ1) is 12.3. The lowest BCUT2D eigenvalue weighted by molar-refractivity contribution is 0.114. The molecular weight excluding hydrogens is 226 g/mol. The third-order valence-electron chi connectivity index (χ3n) is 6.45. The van der Waals surface area contributed by atoms with Crippen LogP contribution >= 0.6 is 11.8 Å². The van der Waals surface area contributed by atoms with Crippen molar-refractivity contribution in [3.63, 3.8) is 0 Å². The molecule has 1 aliphatic heterocycles. The SMILES string of the molecule is CC1(C)C2CCC1(C)C(NC1CCSCC1)C2. The van der Waals surface area contributed by atoms with Crippen molar-refractivity contribution >= 4 is 11.8 Å². The van der Waals surface area contributed by atoms with Gasteiger partial charge in [-0.15, -0.1) is 0 Å². The fraction of sp³-hybridized carbons (Fsp3) is 1.00. The fourth-order valence-electron chi connectivity index (χ4n) is 4.60. The van der Waals surface area contributed by atoms with Gasteiger partial charge in [-0.2, -0.15) is 11.8 Å². The van der Waals surface area contributed by atoms with E-state index in [1.807, 2.05) is 0 Å². The highest BCUT2D eigenvalue weighted by atomic mass is 32.2. The van der Waals surface area contributed by atoms with Crippen molar-refractivity contribution in [2.24, 2.45) is 16.7 Å². The molecule has 2 heteroatoms. The Morgan fingerprint density at radius 1 is 1.06 bits per heavy atom. The summed E-state index contributed by atoms with van der Waals surface area (Å²) in [7, 11) is 0. The smallest absolute Gasteiger partial charge is 0.0131 e. The van der Waals surface area contributed by atoms with E-state index >= 15 is 0 Å². The summed E-state index contributed by atoms with van der Waals surface area (Å²) in [6.45, 7) is 7.58. The van der Waals surface area contributed by atoms with E-state index in [1.54, 1.807) is 0 Å². The highest BCUT2D eigenvalue weighted by molar-refractivity contribution is 7.99. The van der Waals surface area contributed by atoms with Crippen LogP contribution in [0, 0.1) is 16.7 Å². The summed E-state index contributed by atoms with van der Waals surface area (Å²) in [5.74, 6) is 3.71. The Hall–Kier alpha value is 0.310. The summed E-state index contributed by atoms with van der Waals surface area (Å²) in [6.07, 6.45) is 7.14. The largest absolute Gasteiger partial charge is 0.311 e. The zero-order valence-electron chi connectivity index (χ0n) is 11.6. The maximum atomic E-state index is 4.03. The Morgan fingerprint density at radius 3 is 2.29 bits per heavy atom. The number of fused-ring (bicyclic) bond motifs is 2. The van der Waals surface area contributed by atoms with Crippen molar-refractivity contribution in [3.8, 4) is 0 Å². The summed E-state index contributed by atoms with van der Waals surface area (Å²) in [4.78, 5) is 0. The van der Waals surface area contributed by atoms with Gasteiger partial charge in [0, 0.05) is 12.1 Å². The molecule has 17 heavy (non-hydrogen) atoms. The number of hydrogen-bond acceptors (Lipinski definition) is 2. The van der Waals surface area contributed by atoms with Crippen molar-refractivity contribution in [2.45, 2.75) is 65.0 Å². The monoisotopic (exact) mass is 253 g/mol. The van der Waals surface area contributed by atoms with E-state index in [1.165, 1.54) is 43.6 Å². The molecule has 0 spiro atoms. The van der Waals surface area contributed by atoms with Gasteiger partial charge in [0.05, 0.1) is 0 Å². The van der Waals surface area contributed by atoms with Gasteiger partial charge in [-0.05, 0) is 60.4 Å². The zero-order chi connectivity index (χ0) is 12.1. The molecule has 98 valence electrons. The Balaban J connectivity index is 1.69. The molecule has 0 amide bonds. The second kappa shape index (κ2) is 4.16. The lowest BCUT2D eigenvalue weighted by Gasteiger charge is -2.41. The summed E-state index contributed by atoms with van der Waals surface area (Å²) in [5, 5.41) is 4.03. The van der Waals surface area contributed by atoms with Gasteiger partial charge in [0.2, 0.25) is 0 Å². The normalized spacial score (nSPS) is 45.4. The van der Waals surface area contributed by atoms with Crippen LogP contribution in [0.4, 0.5) is 0 Å². The Morgan fingerprint density at radius 2 is 1.76 bits per heavy atom. The third kappa shape index (κ3) is 1.78. The molecule has 3 rings (SSSR count). The van der Waals surface area contributed by atoms with Crippen LogP contribution in [0.15, 0.2) is 0 Å². The maximum Gasteiger partial charge on any atom is 0.0131 e. The first-order valence-electron chi connectivity index (χ1n) is 7.38. The molecule has 0 radical (unpaired) electrons. The van der Waals surface area contributed by atoms with E-state index in [-0.39, 0.29) is 0 Å². The lowest BCUT2D eigenvalue weighted by Crippen LogP contribution is -2.49. The Kier molecular flexibility index (Phi) is 3.02. The molecule has 2 saturated carbocycles. The predicted octanol–water partition coefficient (Wildman–Crippen LogP) is 3.69. The van der Waals surface area contributed by atoms with Crippen LogP contribution in [-0.2, 0) is 0 Å². The van der Waals surface area contributed by atoms with E-state index in [0.29, 0.717) is 10.8 Å². The van der Waals surface area contributed by atoms with Crippen LogP contribution in [0.5, 0.6) is 0 Å². The van der Waals surface area contributed by atoms with Gasteiger partial charge in [0.1, 0.15) is 0 Å². The van der Waals surface area contributed by atoms with Crippen molar-refractivity contribution in [1.29, 1.82) is 0 Å². The molecular formula is C15H27NS. The molecule has 3 fully saturated rings. The van der Waals surface area contributed by atoms with Crippen LogP contribution in [-0.4, -0.2) is 23.6 Å². The maximum absolute atomic E-state index is 4.03. The molecule has 0 aromatic heterocycles. The summed E-state index contributed by atoms with van der Waals surface area (Å²) in [5.41, 5.74) is 1.12. The van der Waals surface area contributed by atoms with E-state index in [0.717, 1.165) is 18.0 Å². The van der Waals surface area contributed by atoms with Gasteiger partial charge in [0.25, 0.3) is 0 Å². The molecule has 2 bridgehead atoms. The summed E-state index contributed by atoms with van der Waals surface area (Å²) >= 11 is 2.13. The van der Waals surface area contributed by atoms with Crippen molar-refractivity contribution in [3.05, 3.63) is 0 Å². The lowest BCUT2D eigenvalue weighted by atomic mass is 9.69. The van der Waals surface area contributed by atoms with Crippen LogP contribution in [0.3, 0.4) is 0 Å². The number of thioether (sulfide) groups is 1. The van der Waals surface area contributed by atoms with E-state index in [2.05, 4.69) is 37.8 Å². The second-order valence-electron chi connectivity index (χ2n) is 7.22. The molecule has 0 aromatic carbocycles. The van der Waals surface area contributed by atoms with Crippen molar-refractivity contribution in [2.75, 3.05) is 11.5 Å². The quantitative estimate of drug-likeness (QED) is 0.805. The average Bonchev–Trinajstić information content (AvgIpc) is 2.63. The minimum atomic E-state index is 0.558. The van der Waals surface area contributed by atoms with Gasteiger partial charge in [-0.25, -0.2) is 0 Å². The molecule has 3 atom stereocenters. The van der Waals surface area contributed by atoms with E-state index in [9.17, 15) is 0 Å². The molecule has 1 saturated heterocycles. The Bertz CT molecular complexity index is 295. The topological polar surface area (TPSA) is 12.0 Å². The van der Waals surface area contributed by atoms with Gasteiger partial charge in [0.15, 0.2) is 0 Å². The summed E-state index contributed by atoms with van der Waals surface area (Å²) < 4.78 is 0. The standard InChI is InChI=1S/C15H27NS/c1-14(2)11-4-7-15(14,3)13(10-11)16-12-5-8-17-9-6-12/h11-13,16H,4-10H2,1-3H3. The second-order valence-corrected chi connectivity index (χ2v) is 8.44. The van der Waals surface area contributed by atoms with E-state index < -0.39 is 0 Å².